The molecule has 1 fully saturated rings. The second-order valence-electron chi connectivity index (χ2n) is 5.86. The zero-order valence-electron chi connectivity index (χ0n) is 13.2. The van der Waals surface area contributed by atoms with E-state index in [1.54, 1.807) is 0 Å². The SMILES string of the molecule is CN(C)S(=O)(=O)c1ccc(F)c(-c2nc(C3(N)CCC3)no2)c1.Cl. The summed E-state index contributed by atoms with van der Waals surface area (Å²) in [5, 5.41) is 3.82. The van der Waals surface area contributed by atoms with Crippen LogP contribution in [-0.2, 0) is 15.6 Å². The minimum atomic E-state index is -3.69. The fraction of sp³-hybridized carbons (Fsp3) is 0.429. The first-order valence-electron chi connectivity index (χ1n) is 7.09. The maximum Gasteiger partial charge on any atom is 0.261 e. The Morgan fingerprint density at radius 3 is 2.54 bits per heavy atom. The van der Waals surface area contributed by atoms with Gasteiger partial charge in [0.15, 0.2) is 5.82 Å². The lowest BCUT2D eigenvalue weighted by atomic mass is 9.77. The van der Waals surface area contributed by atoms with Crippen LogP contribution in [-0.4, -0.2) is 37.0 Å². The van der Waals surface area contributed by atoms with E-state index in [4.69, 9.17) is 10.3 Å². The lowest BCUT2D eigenvalue weighted by Gasteiger charge is -2.34. The molecule has 132 valence electrons. The van der Waals surface area contributed by atoms with Crippen molar-refractivity contribution in [3.63, 3.8) is 0 Å². The van der Waals surface area contributed by atoms with Crippen LogP contribution >= 0.6 is 12.4 Å². The van der Waals surface area contributed by atoms with E-state index in [0.717, 1.165) is 29.6 Å². The van der Waals surface area contributed by atoms with Gasteiger partial charge in [-0.05, 0) is 37.5 Å². The standard InChI is InChI=1S/C14H17FN4O3S.ClH/c1-19(2)23(20,21)9-4-5-11(15)10(8-9)12-17-13(18-22-12)14(16)6-3-7-14;/h4-5,8H,3,6-7,16H2,1-2H3;1H. The van der Waals surface area contributed by atoms with Gasteiger partial charge in [-0.25, -0.2) is 17.1 Å². The van der Waals surface area contributed by atoms with Crippen LogP contribution < -0.4 is 5.73 Å². The zero-order valence-corrected chi connectivity index (χ0v) is 14.8. The molecule has 0 aliphatic heterocycles. The molecule has 0 amide bonds. The third-order valence-corrected chi connectivity index (χ3v) is 5.88. The molecule has 0 radical (unpaired) electrons. The molecule has 0 unspecified atom stereocenters. The molecule has 10 heteroatoms. The Labute approximate surface area is 145 Å². The van der Waals surface area contributed by atoms with Gasteiger partial charge in [-0.1, -0.05) is 5.16 Å². The molecule has 1 aromatic heterocycles. The Morgan fingerprint density at radius 2 is 2.00 bits per heavy atom. The monoisotopic (exact) mass is 376 g/mol. The first kappa shape index (κ1) is 18.8. The summed E-state index contributed by atoms with van der Waals surface area (Å²) in [5.74, 6) is -0.401. The highest BCUT2D eigenvalue weighted by molar-refractivity contribution is 7.89. The predicted molar refractivity (Wildman–Crippen MR) is 87.5 cm³/mol. The zero-order chi connectivity index (χ0) is 16.8. The topological polar surface area (TPSA) is 102 Å². The summed E-state index contributed by atoms with van der Waals surface area (Å²) in [5.41, 5.74) is 5.42. The second-order valence-corrected chi connectivity index (χ2v) is 8.01. The fourth-order valence-corrected chi connectivity index (χ4v) is 3.28. The third-order valence-electron chi connectivity index (χ3n) is 4.06. The number of nitrogens with zero attached hydrogens (tertiary/aromatic N) is 3. The Hall–Kier alpha value is -1.55. The molecule has 7 nitrogen and oxygen atoms in total. The van der Waals surface area contributed by atoms with E-state index in [0.29, 0.717) is 5.82 Å². The molecule has 0 atom stereocenters. The minimum absolute atomic E-state index is 0. The minimum Gasteiger partial charge on any atom is -0.334 e. The molecular formula is C14H18ClFN4O3S. The molecule has 1 aliphatic carbocycles. The summed E-state index contributed by atoms with van der Waals surface area (Å²) in [7, 11) is -0.886. The van der Waals surface area contributed by atoms with Crippen molar-refractivity contribution in [1.82, 2.24) is 14.4 Å². The summed E-state index contributed by atoms with van der Waals surface area (Å²) in [4.78, 5) is 4.10. The van der Waals surface area contributed by atoms with Gasteiger partial charge in [0.05, 0.1) is 16.0 Å². The highest BCUT2D eigenvalue weighted by atomic mass is 35.5. The van der Waals surface area contributed by atoms with Crippen LogP contribution in [0.1, 0.15) is 25.1 Å². The third kappa shape index (κ3) is 3.04. The lowest BCUT2D eigenvalue weighted by molar-refractivity contribution is 0.229. The van der Waals surface area contributed by atoms with E-state index in [1.807, 2.05) is 0 Å². The average molecular weight is 377 g/mol. The number of hydrogen-bond donors (Lipinski definition) is 1. The molecule has 1 saturated carbocycles. The van der Waals surface area contributed by atoms with Crippen LogP contribution in [0, 0.1) is 5.82 Å². The van der Waals surface area contributed by atoms with Crippen LogP contribution in [0.4, 0.5) is 4.39 Å². The maximum atomic E-state index is 14.1. The number of benzene rings is 1. The van der Waals surface area contributed by atoms with Crippen LogP contribution in [0.2, 0.25) is 0 Å². The Morgan fingerprint density at radius 1 is 1.33 bits per heavy atom. The van der Waals surface area contributed by atoms with Crippen LogP contribution in [0.3, 0.4) is 0 Å². The van der Waals surface area contributed by atoms with E-state index in [2.05, 4.69) is 10.1 Å². The van der Waals surface area contributed by atoms with Gasteiger partial charge in [0.25, 0.3) is 5.89 Å². The Kier molecular flexibility index (Phi) is 5.01. The van der Waals surface area contributed by atoms with Crippen molar-refractivity contribution in [2.45, 2.75) is 29.7 Å². The van der Waals surface area contributed by atoms with Crippen LogP contribution in [0.15, 0.2) is 27.6 Å². The largest absolute Gasteiger partial charge is 0.334 e. The van der Waals surface area contributed by atoms with E-state index in [1.165, 1.54) is 26.2 Å². The molecule has 0 bridgehead atoms. The van der Waals surface area contributed by atoms with Gasteiger partial charge in [0.1, 0.15) is 5.82 Å². The average Bonchev–Trinajstić information content (AvgIpc) is 2.94. The molecule has 0 saturated heterocycles. The summed E-state index contributed by atoms with van der Waals surface area (Å²) in [6.45, 7) is 0. The molecule has 0 spiro atoms. The van der Waals surface area contributed by atoms with Crippen molar-refractivity contribution in [2.75, 3.05) is 14.1 Å². The first-order chi connectivity index (χ1) is 10.7. The summed E-state index contributed by atoms with van der Waals surface area (Å²) >= 11 is 0. The van der Waals surface area contributed by atoms with E-state index >= 15 is 0 Å². The van der Waals surface area contributed by atoms with Gasteiger partial charge in [-0.2, -0.15) is 4.98 Å². The predicted octanol–water partition coefficient (Wildman–Crippen LogP) is 1.89. The molecule has 1 heterocycles. The van der Waals surface area contributed by atoms with Crippen LogP contribution in [0.25, 0.3) is 11.5 Å². The number of hydrogen-bond acceptors (Lipinski definition) is 6. The number of sulfonamides is 1. The summed E-state index contributed by atoms with van der Waals surface area (Å²) in [6.07, 6.45) is 2.46. The summed E-state index contributed by atoms with van der Waals surface area (Å²) < 4.78 is 44.5. The summed E-state index contributed by atoms with van der Waals surface area (Å²) in [6, 6.07) is 3.45. The molecule has 24 heavy (non-hydrogen) atoms. The van der Waals surface area contributed by atoms with Gasteiger partial charge < -0.3 is 10.3 Å². The molecular weight excluding hydrogens is 359 g/mol. The molecule has 2 N–H and O–H groups in total. The first-order valence-corrected chi connectivity index (χ1v) is 8.53. The van der Waals surface area contributed by atoms with Crippen molar-refractivity contribution < 1.29 is 17.3 Å². The van der Waals surface area contributed by atoms with Crippen molar-refractivity contribution in [2.24, 2.45) is 5.73 Å². The van der Waals surface area contributed by atoms with Gasteiger partial charge in [-0.15, -0.1) is 12.4 Å². The smallest absolute Gasteiger partial charge is 0.261 e. The van der Waals surface area contributed by atoms with Gasteiger partial charge in [0.2, 0.25) is 10.0 Å². The van der Waals surface area contributed by atoms with E-state index < -0.39 is 21.4 Å². The quantitative estimate of drug-likeness (QED) is 0.874. The van der Waals surface area contributed by atoms with Crippen molar-refractivity contribution >= 4 is 22.4 Å². The molecule has 1 aromatic carbocycles. The fourth-order valence-electron chi connectivity index (χ4n) is 2.36. The van der Waals surface area contributed by atoms with Crippen LogP contribution in [0.5, 0.6) is 0 Å². The Balaban J connectivity index is 0.00000208. The molecule has 2 aromatic rings. The van der Waals surface area contributed by atoms with Crippen molar-refractivity contribution in [1.29, 1.82) is 0 Å². The van der Waals surface area contributed by atoms with Crippen molar-refractivity contribution in [3.05, 3.63) is 29.8 Å². The molecule has 3 rings (SSSR count). The Bertz CT molecular complexity index is 849. The van der Waals surface area contributed by atoms with Gasteiger partial charge >= 0.3 is 0 Å². The highest BCUT2D eigenvalue weighted by Crippen LogP contribution is 2.38. The number of halogens is 2. The van der Waals surface area contributed by atoms with E-state index in [9.17, 15) is 12.8 Å². The lowest BCUT2D eigenvalue weighted by Crippen LogP contribution is -2.44. The second kappa shape index (κ2) is 6.40. The number of nitrogens with two attached hydrogens (primary N) is 1. The number of rotatable bonds is 4. The molecule has 1 aliphatic rings. The van der Waals surface area contributed by atoms with Crippen molar-refractivity contribution in [3.8, 4) is 11.5 Å². The normalized spacial score (nSPS) is 16.5. The number of aromatic nitrogens is 2. The maximum absolute atomic E-state index is 14.1. The van der Waals surface area contributed by atoms with Gasteiger partial charge in [0, 0.05) is 14.1 Å². The van der Waals surface area contributed by atoms with Gasteiger partial charge in [-0.3, -0.25) is 0 Å². The highest BCUT2D eigenvalue weighted by Gasteiger charge is 2.39. The van der Waals surface area contributed by atoms with E-state index in [-0.39, 0.29) is 28.8 Å².